The topological polar surface area (TPSA) is 44.8 Å². The zero-order valence-electron chi connectivity index (χ0n) is 11.3. The lowest BCUT2D eigenvalue weighted by molar-refractivity contribution is -0.143. The van der Waals surface area contributed by atoms with E-state index in [1.807, 2.05) is 6.07 Å². The van der Waals surface area contributed by atoms with E-state index in [0.29, 0.717) is 30.9 Å². The Morgan fingerprint density at radius 2 is 2.11 bits per heavy atom. The number of methoxy groups -OCH3 is 1. The summed E-state index contributed by atoms with van der Waals surface area (Å²) in [4.78, 5) is 11.3. The van der Waals surface area contributed by atoms with E-state index in [2.05, 4.69) is 0 Å². The first-order chi connectivity index (χ1) is 9.21. The molecule has 1 rings (SSSR count). The van der Waals surface area contributed by atoms with Crippen LogP contribution in [0.25, 0.3) is 0 Å². The van der Waals surface area contributed by atoms with Gasteiger partial charge in [-0.1, -0.05) is 6.07 Å². The number of ether oxygens (including phenoxy) is 3. The number of aryl methyl sites for hydroxylation is 1. The van der Waals surface area contributed by atoms with Crippen LogP contribution in [0.3, 0.4) is 0 Å². The van der Waals surface area contributed by atoms with Crippen LogP contribution in [-0.2, 0) is 16.0 Å². The van der Waals surface area contributed by atoms with E-state index in [0.717, 1.165) is 5.56 Å². The third kappa shape index (κ3) is 5.16. The number of hydrogen-bond acceptors (Lipinski definition) is 4. The first-order valence-corrected chi connectivity index (χ1v) is 6.22. The highest BCUT2D eigenvalue weighted by atomic mass is 19.1. The van der Waals surface area contributed by atoms with Crippen LogP contribution in [0.2, 0.25) is 0 Å². The lowest BCUT2D eigenvalue weighted by Gasteiger charge is -2.11. The summed E-state index contributed by atoms with van der Waals surface area (Å²) < 4.78 is 27.3. The normalized spacial score (nSPS) is 10.1. The van der Waals surface area contributed by atoms with Gasteiger partial charge in [-0.05, 0) is 31.0 Å². The maximum atomic E-state index is 12.1. The van der Waals surface area contributed by atoms with Gasteiger partial charge in [0, 0.05) is 6.42 Å². The van der Waals surface area contributed by atoms with Gasteiger partial charge >= 0.3 is 5.97 Å². The molecule has 106 valence electrons. The molecule has 0 N–H and O–H groups in total. The number of halogens is 1. The van der Waals surface area contributed by atoms with Gasteiger partial charge in [0.2, 0.25) is 0 Å². The highest BCUT2D eigenvalue weighted by Crippen LogP contribution is 2.28. The van der Waals surface area contributed by atoms with Crippen LogP contribution in [0.4, 0.5) is 4.39 Å². The highest BCUT2D eigenvalue weighted by Gasteiger charge is 2.08. The predicted octanol–water partition coefficient (Wildman–Crippen LogP) is 2.54. The number of rotatable bonds is 8. The van der Waals surface area contributed by atoms with Crippen LogP contribution >= 0.6 is 0 Å². The van der Waals surface area contributed by atoms with Crippen molar-refractivity contribution in [2.45, 2.75) is 19.8 Å². The van der Waals surface area contributed by atoms with Gasteiger partial charge in [0.05, 0.1) is 13.7 Å². The molecule has 0 aliphatic carbocycles. The lowest BCUT2D eigenvalue weighted by atomic mass is 10.1. The quantitative estimate of drug-likeness (QED) is 0.681. The minimum Gasteiger partial charge on any atom is -0.493 e. The van der Waals surface area contributed by atoms with Gasteiger partial charge in [0.1, 0.15) is 13.3 Å². The molecular formula is C14H19FO4. The van der Waals surface area contributed by atoms with Crippen LogP contribution in [0.5, 0.6) is 11.5 Å². The van der Waals surface area contributed by atoms with Crippen molar-refractivity contribution in [1.29, 1.82) is 0 Å². The molecule has 1 aromatic rings. The minimum absolute atomic E-state index is 0.00146. The molecule has 19 heavy (non-hydrogen) atoms. The predicted molar refractivity (Wildman–Crippen MR) is 69.4 cm³/mol. The molecule has 0 heterocycles. The summed E-state index contributed by atoms with van der Waals surface area (Å²) in [6.45, 7) is 1.61. The SMILES string of the molecule is CCOC(=O)CCc1ccc(OCCF)c(OC)c1. The van der Waals surface area contributed by atoms with E-state index in [9.17, 15) is 9.18 Å². The van der Waals surface area contributed by atoms with Gasteiger partial charge in [-0.2, -0.15) is 0 Å². The highest BCUT2D eigenvalue weighted by molar-refractivity contribution is 5.69. The molecule has 0 spiro atoms. The molecule has 0 aliphatic heterocycles. The average Bonchev–Trinajstić information content (AvgIpc) is 2.43. The lowest BCUT2D eigenvalue weighted by Crippen LogP contribution is -2.05. The van der Waals surface area contributed by atoms with E-state index in [1.165, 1.54) is 7.11 Å². The molecule has 0 bridgehead atoms. The smallest absolute Gasteiger partial charge is 0.306 e. The van der Waals surface area contributed by atoms with E-state index in [-0.39, 0.29) is 12.6 Å². The van der Waals surface area contributed by atoms with Crippen LogP contribution in [-0.4, -0.2) is 33.0 Å². The molecule has 0 saturated carbocycles. The van der Waals surface area contributed by atoms with Crippen molar-refractivity contribution in [1.82, 2.24) is 0 Å². The molecule has 0 aliphatic rings. The largest absolute Gasteiger partial charge is 0.493 e. The summed E-state index contributed by atoms with van der Waals surface area (Å²) in [7, 11) is 1.52. The van der Waals surface area contributed by atoms with Crippen LogP contribution in [0.1, 0.15) is 18.9 Å². The number of alkyl halides is 1. The molecule has 0 aromatic heterocycles. The Morgan fingerprint density at radius 3 is 2.74 bits per heavy atom. The van der Waals surface area contributed by atoms with Gasteiger partial charge in [-0.3, -0.25) is 4.79 Å². The average molecular weight is 270 g/mol. The van der Waals surface area contributed by atoms with E-state index in [4.69, 9.17) is 14.2 Å². The van der Waals surface area contributed by atoms with Crippen LogP contribution in [0.15, 0.2) is 18.2 Å². The molecule has 5 heteroatoms. The maximum Gasteiger partial charge on any atom is 0.306 e. The summed E-state index contributed by atoms with van der Waals surface area (Å²) in [5.74, 6) is 0.814. The van der Waals surface area contributed by atoms with E-state index < -0.39 is 6.67 Å². The Bertz CT molecular complexity index is 406. The maximum absolute atomic E-state index is 12.1. The Hall–Kier alpha value is -1.78. The third-order valence-corrected chi connectivity index (χ3v) is 2.49. The zero-order chi connectivity index (χ0) is 14.1. The molecule has 0 saturated heterocycles. The van der Waals surface area contributed by atoms with Crippen molar-refractivity contribution in [2.75, 3.05) is 27.0 Å². The van der Waals surface area contributed by atoms with Crippen LogP contribution in [0, 0.1) is 0 Å². The number of benzene rings is 1. The van der Waals surface area contributed by atoms with Crippen molar-refractivity contribution >= 4 is 5.97 Å². The molecule has 0 atom stereocenters. The molecule has 4 nitrogen and oxygen atoms in total. The third-order valence-electron chi connectivity index (χ3n) is 2.49. The molecular weight excluding hydrogens is 251 g/mol. The number of carbonyl (C=O) groups excluding carboxylic acids is 1. The van der Waals surface area contributed by atoms with Crippen LogP contribution < -0.4 is 9.47 Å². The van der Waals surface area contributed by atoms with Crippen molar-refractivity contribution in [2.24, 2.45) is 0 Å². The van der Waals surface area contributed by atoms with Gasteiger partial charge in [-0.15, -0.1) is 0 Å². The molecule has 0 radical (unpaired) electrons. The second kappa shape index (κ2) is 8.34. The Kier molecular flexibility index (Phi) is 6.71. The number of hydrogen-bond donors (Lipinski definition) is 0. The molecule has 0 unspecified atom stereocenters. The molecule has 1 aromatic carbocycles. The number of esters is 1. The van der Waals surface area contributed by atoms with E-state index >= 15 is 0 Å². The Labute approximate surface area is 112 Å². The first kappa shape index (κ1) is 15.3. The summed E-state index contributed by atoms with van der Waals surface area (Å²) in [5.41, 5.74) is 0.942. The van der Waals surface area contributed by atoms with Crippen molar-refractivity contribution < 1.29 is 23.4 Å². The van der Waals surface area contributed by atoms with Gasteiger partial charge in [0.15, 0.2) is 11.5 Å². The van der Waals surface area contributed by atoms with Gasteiger partial charge in [-0.25, -0.2) is 4.39 Å². The second-order valence-corrected chi connectivity index (χ2v) is 3.83. The second-order valence-electron chi connectivity index (χ2n) is 3.83. The van der Waals surface area contributed by atoms with Crippen molar-refractivity contribution in [3.05, 3.63) is 23.8 Å². The van der Waals surface area contributed by atoms with Crippen molar-refractivity contribution in [3.8, 4) is 11.5 Å². The van der Waals surface area contributed by atoms with E-state index in [1.54, 1.807) is 19.1 Å². The summed E-state index contributed by atoms with van der Waals surface area (Å²) >= 11 is 0. The minimum atomic E-state index is -0.548. The Balaban J connectivity index is 2.63. The fourth-order valence-electron chi connectivity index (χ4n) is 1.61. The standard InChI is InChI=1S/C14H19FO4/c1-3-18-14(16)7-5-11-4-6-12(19-9-8-15)13(10-11)17-2/h4,6,10H,3,5,7-9H2,1-2H3. The first-order valence-electron chi connectivity index (χ1n) is 6.22. The molecule has 0 amide bonds. The summed E-state index contributed by atoms with van der Waals surface area (Å²) in [6.07, 6.45) is 0.889. The van der Waals surface area contributed by atoms with Gasteiger partial charge in [0.25, 0.3) is 0 Å². The summed E-state index contributed by atoms with van der Waals surface area (Å²) in [6, 6.07) is 5.33. The number of carbonyl (C=O) groups is 1. The van der Waals surface area contributed by atoms with Gasteiger partial charge < -0.3 is 14.2 Å². The monoisotopic (exact) mass is 270 g/mol. The molecule has 0 fully saturated rings. The van der Waals surface area contributed by atoms with Crippen molar-refractivity contribution in [3.63, 3.8) is 0 Å². The fourth-order valence-corrected chi connectivity index (χ4v) is 1.61. The summed E-state index contributed by atoms with van der Waals surface area (Å²) in [5, 5.41) is 0. The fraction of sp³-hybridized carbons (Fsp3) is 0.500. The Morgan fingerprint density at radius 1 is 1.32 bits per heavy atom. The zero-order valence-corrected chi connectivity index (χ0v) is 11.3.